The van der Waals surface area contributed by atoms with Crippen LogP contribution in [-0.2, 0) is 9.53 Å². The summed E-state index contributed by atoms with van der Waals surface area (Å²) in [6.45, 7) is 3.95. The highest BCUT2D eigenvalue weighted by molar-refractivity contribution is 5.76. The number of fused-ring (bicyclic) bond motifs is 1. The molecule has 4 atom stereocenters. The quantitative estimate of drug-likeness (QED) is 0.870. The molecule has 4 rings (SSSR count). The highest BCUT2D eigenvalue weighted by Gasteiger charge is 2.39. The number of piperidine rings is 1. The first-order valence-corrected chi connectivity index (χ1v) is 10.0. The Kier molecular flexibility index (Phi) is 5.34. The van der Waals surface area contributed by atoms with Crippen molar-refractivity contribution in [1.82, 2.24) is 14.7 Å². The molecule has 8 heteroatoms. The molecule has 3 aliphatic rings. The van der Waals surface area contributed by atoms with Crippen LogP contribution in [0.15, 0.2) is 6.07 Å². The first kappa shape index (κ1) is 18.7. The molecule has 0 saturated carbocycles. The number of carbonyl (C=O) groups excluding carboxylic acids is 1. The SMILES string of the molecule is Cc1cc2n(n1)[C@@H](C(F)F)C[C@@H]([C@H]1CCCN(C(=O)C[C@@H]3CCCO3)C1)N2. The van der Waals surface area contributed by atoms with Gasteiger partial charge in [0.25, 0.3) is 6.43 Å². The van der Waals surface area contributed by atoms with Crippen molar-refractivity contribution in [2.75, 3.05) is 25.0 Å². The van der Waals surface area contributed by atoms with Crippen LogP contribution in [0.2, 0.25) is 0 Å². The van der Waals surface area contributed by atoms with Crippen LogP contribution in [0.3, 0.4) is 0 Å². The summed E-state index contributed by atoms with van der Waals surface area (Å²) in [4.78, 5) is 14.6. The maximum absolute atomic E-state index is 13.6. The van der Waals surface area contributed by atoms with Gasteiger partial charge in [0, 0.05) is 31.8 Å². The zero-order valence-electron chi connectivity index (χ0n) is 15.7. The van der Waals surface area contributed by atoms with Crippen molar-refractivity contribution >= 4 is 11.7 Å². The molecule has 2 saturated heterocycles. The van der Waals surface area contributed by atoms with Gasteiger partial charge in [-0.3, -0.25) is 4.79 Å². The lowest BCUT2D eigenvalue weighted by Gasteiger charge is -2.41. The van der Waals surface area contributed by atoms with Gasteiger partial charge in [0.1, 0.15) is 11.9 Å². The summed E-state index contributed by atoms with van der Waals surface area (Å²) in [7, 11) is 0. The van der Waals surface area contributed by atoms with Crippen molar-refractivity contribution in [3.05, 3.63) is 11.8 Å². The third kappa shape index (κ3) is 3.95. The van der Waals surface area contributed by atoms with Gasteiger partial charge in [0.15, 0.2) is 0 Å². The molecule has 4 heterocycles. The van der Waals surface area contributed by atoms with E-state index in [0.717, 1.165) is 44.5 Å². The fourth-order valence-corrected chi connectivity index (χ4v) is 4.70. The summed E-state index contributed by atoms with van der Waals surface area (Å²) < 4.78 is 34.2. The molecule has 0 aliphatic carbocycles. The third-order valence-corrected chi connectivity index (χ3v) is 6.10. The summed E-state index contributed by atoms with van der Waals surface area (Å²) in [6.07, 6.45) is 2.21. The van der Waals surface area contributed by atoms with E-state index in [2.05, 4.69) is 10.4 Å². The fourth-order valence-electron chi connectivity index (χ4n) is 4.70. The number of likely N-dealkylation sites (tertiary alicyclic amines) is 1. The molecule has 0 unspecified atom stereocenters. The molecule has 1 aromatic heterocycles. The van der Waals surface area contributed by atoms with Crippen molar-refractivity contribution in [3.63, 3.8) is 0 Å². The van der Waals surface area contributed by atoms with Gasteiger partial charge in [-0.15, -0.1) is 0 Å². The van der Waals surface area contributed by atoms with Gasteiger partial charge in [-0.1, -0.05) is 0 Å². The maximum Gasteiger partial charge on any atom is 0.260 e. The average Bonchev–Trinajstić information content (AvgIpc) is 3.29. The van der Waals surface area contributed by atoms with Crippen LogP contribution in [0, 0.1) is 12.8 Å². The molecule has 2 fully saturated rings. The van der Waals surface area contributed by atoms with E-state index >= 15 is 0 Å². The van der Waals surface area contributed by atoms with Gasteiger partial charge in [-0.05, 0) is 44.9 Å². The normalized spacial score (nSPS) is 31.0. The number of amides is 1. The van der Waals surface area contributed by atoms with Crippen LogP contribution in [0.5, 0.6) is 0 Å². The standard InChI is InChI=1S/C19H28F2N4O2/c1-12-8-17-22-15(10-16(19(20)21)25(17)23-12)13-4-2-6-24(11-13)18(26)9-14-5-3-7-27-14/h8,13-16,19,22H,2-7,9-11H2,1H3/t13-,14-,15-,16+/m0/s1. The first-order valence-electron chi connectivity index (χ1n) is 10.0. The molecule has 6 nitrogen and oxygen atoms in total. The summed E-state index contributed by atoms with van der Waals surface area (Å²) in [5, 5.41) is 7.64. The van der Waals surface area contributed by atoms with Crippen LogP contribution in [-0.4, -0.2) is 58.9 Å². The van der Waals surface area contributed by atoms with E-state index in [4.69, 9.17) is 4.74 Å². The lowest BCUT2D eigenvalue weighted by Crippen LogP contribution is -2.48. The Balaban J connectivity index is 1.42. The van der Waals surface area contributed by atoms with Crippen LogP contribution in [0.1, 0.15) is 50.3 Å². The third-order valence-electron chi connectivity index (χ3n) is 6.10. The van der Waals surface area contributed by atoms with E-state index in [9.17, 15) is 13.6 Å². The predicted molar refractivity (Wildman–Crippen MR) is 96.9 cm³/mol. The van der Waals surface area contributed by atoms with Crippen molar-refractivity contribution in [1.29, 1.82) is 0 Å². The number of nitrogens with zero attached hydrogens (tertiary/aromatic N) is 3. The Morgan fingerprint density at radius 2 is 2.26 bits per heavy atom. The highest BCUT2D eigenvalue weighted by atomic mass is 19.3. The number of hydrogen-bond donors (Lipinski definition) is 1. The first-order chi connectivity index (χ1) is 13.0. The largest absolute Gasteiger partial charge is 0.378 e. The molecule has 150 valence electrons. The number of aryl methyl sites for hydroxylation is 1. The Morgan fingerprint density at radius 3 is 3.00 bits per heavy atom. The second kappa shape index (κ2) is 7.73. The number of rotatable bonds is 4. The summed E-state index contributed by atoms with van der Waals surface area (Å²) in [5.74, 6) is 0.975. The van der Waals surface area contributed by atoms with Gasteiger partial charge >= 0.3 is 0 Å². The summed E-state index contributed by atoms with van der Waals surface area (Å²) in [5.41, 5.74) is 0.737. The molecule has 3 aliphatic heterocycles. The second-order valence-corrected chi connectivity index (χ2v) is 8.09. The molecule has 0 aromatic carbocycles. The van der Waals surface area contributed by atoms with Crippen molar-refractivity contribution in [2.45, 2.75) is 70.1 Å². The Labute approximate surface area is 158 Å². The molecule has 1 N–H and O–H groups in total. The van der Waals surface area contributed by atoms with E-state index in [1.807, 2.05) is 17.9 Å². The molecule has 1 aromatic rings. The number of halogens is 2. The smallest absolute Gasteiger partial charge is 0.260 e. The molecule has 0 bridgehead atoms. The molecular weight excluding hydrogens is 354 g/mol. The van der Waals surface area contributed by atoms with Crippen LogP contribution < -0.4 is 5.32 Å². The lowest BCUT2D eigenvalue weighted by molar-refractivity contribution is -0.135. The monoisotopic (exact) mass is 382 g/mol. The Morgan fingerprint density at radius 1 is 1.41 bits per heavy atom. The van der Waals surface area contributed by atoms with Gasteiger partial charge in [-0.25, -0.2) is 13.5 Å². The number of ether oxygens (including phenoxy) is 1. The topological polar surface area (TPSA) is 59.4 Å². The minimum atomic E-state index is -2.45. The highest BCUT2D eigenvalue weighted by Crippen LogP contribution is 2.36. The van der Waals surface area contributed by atoms with Crippen molar-refractivity contribution in [2.24, 2.45) is 5.92 Å². The number of alkyl halides is 2. The van der Waals surface area contributed by atoms with Gasteiger partial charge in [0.05, 0.1) is 18.2 Å². The van der Waals surface area contributed by atoms with E-state index in [1.165, 1.54) is 4.68 Å². The number of carbonyl (C=O) groups is 1. The molecule has 27 heavy (non-hydrogen) atoms. The average molecular weight is 382 g/mol. The van der Waals surface area contributed by atoms with Crippen molar-refractivity contribution in [3.8, 4) is 0 Å². The molecule has 0 spiro atoms. The van der Waals surface area contributed by atoms with Gasteiger partial charge < -0.3 is 15.0 Å². The summed E-state index contributed by atoms with van der Waals surface area (Å²) >= 11 is 0. The number of nitrogens with one attached hydrogen (secondary N) is 1. The van der Waals surface area contributed by atoms with Gasteiger partial charge in [-0.2, -0.15) is 5.10 Å². The zero-order valence-corrected chi connectivity index (χ0v) is 15.7. The van der Waals surface area contributed by atoms with Crippen LogP contribution in [0.25, 0.3) is 0 Å². The van der Waals surface area contributed by atoms with Gasteiger partial charge in [0.2, 0.25) is 5.91 Å². The molecular formula is C19H28F2N4O2. The molecule has 1 amide bonds. The van der Waals surface area contributed by atoms with E-state index in [1.54, 1.807) is 0 Å². The van der Waals surface area contributed by atoms with E-state index < -0.39 is 12.5 Å². The Bertz CT molecular complexity index is 675. The lowest BCUT2D eigenvalue weighted by atomic mass is 9.85. The minimum Gasteiger partial charge on any atom is -0.378 e. The minimum absolute atomic E-state index is 0.0474. The fraction of sp³-hybridized carbons (Fsp3) is 0.789. The Hall–Kier alpha value is -1.70. The van der Waals surface area contributed by atoms with Crippen LogP contribution >= 0.6 is 0 Å². The van der Waals surface area contributed by atoms with E-state index in [-0.39, 0.29) is 24.0 Å². The second-order valence-electron chi connectivity index (χ2n) is 8.09. The summed E-state index contributed by atoms with van der Waals surface area (Å²) in [6, 6.07) is 0.855. The van der Waals surface area contributed by atoms with Crippen LogP contribution in [0.4, 0.5) is 14.6 Å². The maximum atomic E-state index is 13.6. The zero-order chi connectivity index (χ0) is 19.0. The number of anilines is 1. The van der Waals surface area contributed by atoms with E-state index in [0.29, 0.717) is 25.2 Å². The number of hydrogen-bond acceptors (Lipinski definition) is 4. The molecule has 0 radical (unpaired) electrons. The van der Waals surface area contributed by atoms with Crippen molar-refractivity contribution < 1.29 is 18.3 Å². The number of aromatic nitrogens is 2. The predicted octanol–water partition coefficient (Wildman–Crippen LogP) is 2.99.